The molecular formula is C11H21ClO. The van der Waals surface area contributed by atoms with Crippen molar-refractivity contribution in [3.63, 3.8) is 0 Å². The maximum Gasteiger partial charge on any atom is 0.128 e. The average molecular weight is 205 g/mol. The number of halogens is 1. The Kier molecular flexibility index (Phi) is 10.1. The van der Waals surface area contributed by atoms with Gasteiger partial charge >= 0.3 is 0 Å². The Morgan fingerprint density at radius 3 is 2.15 bits per heavy atom. The minimum Gasteiger partial charge on any atom is -0.378 e. The molecule has 1 nitrogen and oxygen atoms in total. The summed E-state index contributed by atoms with van der Waals surface area (Å²) in [5.41, 5.74) is -0.638. The molecule has 0 rings (SSSR count). The van der Waals surface area contributed by atoms with E-state index in [4.69, 9.17) is 16.7 Å². The molecule has 0 aromatic rings. The Morgan fingerprint density at radius 2 is 1.62 bits per heavy atom. The maximum absolute atomic E-state index is 8.78. The highest BCUT2D eigenvalue weighted by Gasteiger charge is 1.96. The van der Waals surface area contributed by atoms with Gasteiger partial charge in [-0.3, -0.25) is 0 Å². The smallest absolute Gasteiger partial charge is 0.128 e. The van der Waals surface area contributed by atoms with Crippen molar-refractivity contribution in [3.05, 3.63) is 12.7 Å². The van der Waals surface area contributed by atoms with E-state index in [1.807, 2.05) is 6.08 Å². The molecule has 78 valence electrons. The molecule has 0 aliphatic rings. The lowest BCUT2D eigenvalue weighted by atomic mass is 10.1. The number of unbranched alkanes of at least 4 members (excludes halogenated alkanes) is 6. The first-order valence-corrected chi connectivity index (χ1v) is 5.64. The number of aliphatic hydroxyl groups excluding tert-OH is 1. The van der Waals surface area contributed by atoms with Gasteiger partial charge in [-0.2, -0.15) is 0 Å². The van der Waals surface area contributed by atoms with Crippen molar-refractivity contribution >= 4 is 11.6 Å². The fraction of sp³-hybridized carbons (Fsp3) is 0.818. The van der Waals surface area contributed by atoms with Crippen LogP contribution in [0, 0.1) is 0 Å². The molecule has 0 fully saturated rings. The largest absolute Gasteiger partial charge is 0.378 e. The molecule has 0 aromatic carbocycles. The summed E-state index contributed by atoms with van der Waals surface area (Å²) < 4.78 is 0. The number of rotatable bonds is 9. The van der Waals surface area contributed by atoms with Crippen molar-refractivity contribution in [2.45, 2.75) is 56.9 Å². The van der Waals surface area contributed by atoms with E-state index < -0.39 is 5.56 Å². The first-order chi connectivity index (χ1) is 6.27. The van der Waals surface area contributed by atoms with E-state index in [0.29, 0.717) is 0 Å². The zero-order valence-electron chi connectivity index (χ0n) is 8.34. The van der Waals surface area contributed by atoms with Gasteiger partial charge in [0.25, 0.3) is 0 Å². The SMILES string of the molecule is C=CCCCCCCCCC(O)Cl. The number of allylic oxidation sites excluding steroid dienone is 1. The van der Waals surface area contributed by atoms with Gasteiger partial charge in [-0.05, 0) is 25.7 Å². The molecular weight excluding hydrogens is 184 g/mol. The molecule has 0 radical (unpaired) electrons. The van der Waals surface area contributed by atoms with Crippen LogP contribution in [0.5, 0.6) is 0 Å². The van der Waals surface area contributed by atoms with Crippen LogP contribution < -0.4 is 0 Å². The summed E-state index contributed by atoms with van der Waals surface area (Å²) in [5.74, 6) is 0. The van der Waals surface area contributed by atoms with E-state index >= 15 is 0 Å². The zero-order valence-corrected chi connectivity index (χ0v) is 9.10. The summed E-state index contributed by atoms with van der Waals surface area (Å²) in [6.45, 7) is 3.68. The molecule has 1 unspecified atom stereocenters. The Bertz CT molecular complexity index is 113. The van der Waals surface area contributed by atoms with Gasteiger partial charge in [0.1, 0.15) is 5.56 Å². The molecule has 0 aromatic heterocycles. The van der Waals surface area contributed by atoms with Crippen molar-refractivity contribution in [2.24, 2.45) is 0 Å². The third kappa shape index (κ3) is 12.0. The second kappa shape index (κ2) is 10.1. The van der Waals surface area contributed by atoms with Crippen LogP contribution in [0.3, 0.4) is 0 Å². The van der Waals surface area contributed by atoms with E-state index in [-0.39, 0.29) is 0 Å². The molecule has 0 saturated carbocycles. The van der Waals surface area contributed by atoms with Gasteiger partial charge in [0.2, 0.25) is 0 Å². The molecule has 2 heteroatoms. The van der Waals surface area contributed by atoms with E-state index in [0.717, 1.165) is 19.3 Å². The lowest BCUT2D eigenvalue weighted by Gasteiger charge is -2.02. The highest BCUT2D eigenvalue weighted by molar-refractivity contribution is 6.19. The van der Waals surface area contributed by atoms with E-state index in [1.54, 1.807) is 0 Å². The molecule has 0 saturated heterocycles. The quantitative estimate of drug-likeness (QED) is 0.344. The van der Waals surface area contributed by atoms with E-state index in [9.17, 15) is 0 Å². The van der Waals surface area contributed by atoms with Gasteiger partial charge in [-0.15, -0.1) is 6.58 Å². The predicted octanol–water partition coefficient (Wildman–Crippen LogP) is 3.85. The fourth-order valence-corrected chi connectivity index (χ4v) is 1.46. The van der Waals surface area contributed by atoms with E-state index in [1.165, 1.54) is 32.1 Å². The number of hydrogen-bond acceptors (Lipinski definition) is 1. The Labute approximate surface area is 86.8 Å². The Morgan fingerprint density at radius 1 is 1.08 bits per heavy atom. The monoisotopic (exact) mass is 204 g/mol. The molecule has 1 N–H and O–H groups in total. The summed E-state index contributed by atoms with van der Waals surface area (Å²) in [6, 6.07) is 0. The molecule has 0 heterocycles. The minimum absolute atomic E-state index is 0.638. The molecule has 1 atom stereocenters. The Hall–Kier alpha value is -0.0100. The highest BCUT2D eigenvalue weighted by Crippen LogP contribution is 2.10. The van der Waals surface area contributed by atoms with Crippen molar-refractivity contribution < 1.29 is 5.11 Å². The van der Waals surface area contributed by atoms with Crippen LogP contribution in [-0.2, 0) is 0 Å². The third-order valence-corrected chi connectivity index (χ3v) is 2.32. The normalized spacial score (nSPS) is 12.8. The van der Waals surface area contributed by atoms with Crippen LogP contribution in [0.15, 0.2) is 12.7 Å². The second-order valence-corrected chi connectivity index (χ2v) is 3.93. The van der Waals surface area contributed by atoms with Crippen molar-refractivity contribution in [1.29, 1.82) is 0 Å². The summed E-state index contributed by atoms with van der Waals surface area (Å²) in [6.07, 6.45) is 11.2. The van der Waals surface area contributed by atoms with Gasteiger partial charge in [0.15, 0.2) is 0 Å². The first-order valence-electron chi connectivity index (χ1n) is 5.20. The van der Waals surface area contributed by atoms with Crippen LogP contribution in [0.4, 0.5) is 0 Å². The Balaban J connectivity index is 2.87. The maximum atomic E-state index is 8.78. The van der Waals surface area contributed by atoms with E-state index in [2.05, 4.69) is 6.58 Å². The molecule has 0 bridgehead atoms. The number of aliphatic hydroxyl groups is 1. The van der Waals surface area contributed by atoms with Crippen LogP contribution >= 0.6 is 11.6 Å². The standard InChI is InChI=1S/C11H21ClO/c1-2-3-4-5-6-7-8-9-10-11(12)13/h2,11,13H,1,3-10H2. The number of alkyl halides is 1. The predicted molar refractivity (Wildman–Crippen MR) is 59.0 cm³/mol. The second-order valence-electron chi connectivity index (χ2n) is 3.42. The fourth-order valence-electron chi connectivity index (χ4n) is 1.31. The van der Waals surface area contributed by atoms with Gasteiger partial charge in [-0.25, -0.2) is 0 Å². The third-order valence-electron chi connectivity index (χ3n) is 2.10. The topological polar surface area (TPSA) is 20.2 Å². The molecule has 0 amide bonds. The van der Waals surface area contributed by atoms with Crippen LogP contribution in [-0.4, -0.2) is 10.7 Å². The average Bonchev–Trinajstić information content (AvgIpc) is 2.09. The van der Waals surface area contributed by atoms with Crippen molar-refractivity contribution in [3.8, 4) is 0 Å². The summed E-state index contributed by atoms with van der Waals surface area (Å²) in [5, 5.41) is 8.78. The van der Waals surface area contributed by atoms with Gasteiger partial charge in [-0.1, -0.05) is 43.4 Å². The minimum atomic E-state index is -0.638. The van der Waals surface area contributed by atoms with Crippen molar-refractivity contribution in [2.75, 3.05) is 0 Å². The summed E-state index contributed by atoms with van der Waals surface area (Å²) >= 11 is 5.40. The van der Waals surface area contributed by atoms with Crippen LogP contribution in [0.1, 0.15) is 51.4 Å². The molecule has 0 spiro atoms. The molecule has 13 heavy (non-hydrogen) atoms. The molecule has 0 aliphatic carbocycles. The summed E-state index contributed by atoms with van der Waals surface area (Å²) in [7, 11) is 0. The highest BCUT2D eigenvalue weighted by atomic mass is 35.5. The summed E-state index contributed by atoms with van der Waals surface area (Å²) in [4.78, 5) is 0. The first kappa shape index (κ1) is 13.0. The van der Waals surface area contributed by atoms with Gasteiger partial charge in [0.05, 0.1) is 0 Å². The number of hydrogen-bond donors (Lipinski definition) is 1. The van der Waals surface area contributed by atoms with Crippen LogP contribution in [0.2, 0.25) is 0 Å². The lowest BCUT2D eigenvalue weighted by molar-refractivity contribution is 0.240. The van der Waals surface area contributed by atoms with Gasteiger partial charge in [0, 0.05) is 0 Å². The lowest BCUT2D eigenvalue weighted by Crippen LogP contribution is -1.94. The van der Waals surface area contributed by atoms with Gasteiger partial charge < -0.3 is 5.11 Å². The van der Waals surface area contributed by atoms with Crippen LogP contribution in [0.25, 0.3) is 0 Å². The van der Waals surface area contributed by atoms with Crippen molar-refractivity contribution in [1.82, 2.24) is 0 Å². The zero-order chi connectivity index (χ0) is 9.94. The molecule has 0 aliphatic heterocycles.